The highest BCUT2D eigenvalue weighted by Crippen LogP contribution is 2.48. The maximum atomic E-state index is 13.3. The molecule has 230 valence electrons. The third-order valence-corrected chi connectivity index (χ3v) is 11.4. The van der Waals surface area contributed by atoms with Gasteiger partial charge in [0, 0.05) is 39.7 Å². The number of rotatable bonds is 1. The molecular weight excluding hydrogens is 542 g/mol. The molecule has 8 nitrogen and oxygen atoms in total. The SMILES string of the molecule is CN1CCC2CCOC(C2)C2CCC2CN2CC3(COc4ccc(cc42)C(C(N)=O)CC1=O)c1ccccc1CCC3O. The van der Waals surface area contributed by atoms with Gasteiger partial charge < -0.3 is 30.1 Å². The van der Waals surface area contributed by atoms with Crippen molar-refractivity contribution >= 4 is 17.5 Å². The summed E-state index contributed by atoms with van der Waals surface area (Å²) in [6.07, 6.45) is 6.61. The van der Waals surface area contributed by atoms with Gasteiger partial charge in [-0.3, -0.25) is 9.59 Å². The van der Waals surface area contributed by atoms with E-state index in [1.165, 1.54) is 11.1 Å². The van der Waals surface area contributed by atoms with Gasteiger partial charge in [-0.1, -0.05) is 30.3 Å². The molecule has 3 aliphatic heterocycles. The summed E-state index contributed by atoms with van der Waals surface area (Å²) in [5, 5.41) is 11.7. The van der Waals surface area contributed by atoms with Crippen LogP contribution in [0.2, 0.25) is 0 Å². The van der Waals surface area contributed by atoms with Crippen LogP contribution in [0.4, 0.5) is 5.69 Å². The van der Waals surface area contributed by atoms with E-state index in [1.807, 2.05) is 25.2 Å². The van der Waals surface area contributed by atoms with Crippen molar-refractivity contribution in [1.82, 2.24) is 4.90 Å². The number of amides is 2. The third kappa shape index (κ3) is 5.20. The summed E-state index contributed by atoms with van der Waals surface area (Å²) in [7, 11) is 1.83. The average molecular weight is 588 g/mol. The molecule has 2 aromatic rings. The summed E-state index contributed by atoms with van der Waals surface area (Å²) in [4.78, 5) is 30.3. The fourth-order valence-corrected chi connectivity index (χ4v) is 8.57. The van der Waals surface area contributed by atoms with Crippen molar-refractivity contribution in [3.05, 3.63) is 59.2 Å². The molecule has 2 aliphatic carbocycles. The van der Waals surface area contributed by atoms with Gasteiger partial charge in [0.05, 0.1) is 29.2 Å². The van der Waals surface area contributed by atoms with Gasteiger partial charge in [-0.25, -0.2) is 0 Å². The highest BCUT2D eigenvalue weighted by Gasteiger charge is 2.49. The number of anilines is 1. The average Bonchev–Trinajstić information content (AvgIpc) is 3.16. The van der Waals surface area contributed by atoms with E-state index in [2.05, 4.69) is 29.2 Å². The number of hydrogen-bond donors (Lipinski definition) is 2. The molecule has 2 aromatic carbocycles. The quantitative estimate of drug-likeness (QED) is 0.527. The Hall–Kier alpha value is -3.10. The molecule has 8 heteroatoms. The van der Waals surface area contributed by atoms with Gasteiger partial charge in [0.2, 0.25) is 11.8 Å². The summed E-state index contributed by atoms with van der Waals surface area (Å²) in [6, 6.07) is 14.3. The molecule has 5 aliphatic rings. The Bertz CT molecular complexity index is 1380. The van der Waals surface area contributed by atoms with E-state index in [0.717, 1.165) is 68.7 Å². The number of nitrogens with two attached hydrogens (primary N) is 1. The van der Waals surface area contributed by atoms with E-state index < -0.39 is 23.3 Å². The Morgan fingerprint density at radius 3 is 2.77 bits per heavy atom. The number of carbonyl (C=O) groups is 2. The lowest BCUT2D eigenvalue weighted by Gasteiger charge is -2.48. The molecule has 4 bridgehead atoms. The Kier molecular flexibility index (Phi) is 7.62. The van der Waals surface area contributed by atoms with Gasteiger partial charge in [-0.05, 0) is 91.5 Å². The number of benzene rings is 2. The number of ether oxygens (including phenoxy) is 2. The Morgan fingerprint density at radius 2 is 1.95 bits per heavy atom. The Morgan fingerprint density at radius 1 is 1.09 bits per heavy atom. The fourth-order valence-electron chi connectivity index (χ4n) is 8.57. The van der Waals surface area contributed by atoms with Crippen molar-refractivity contribution in [1.29, 1.82) is 0 Å². The van der Waals surface area contributed by atoms with E-state index >= 15 is 0 Å². The summed E-state index contributed by atoms with van der Waals surface area (Å²) in [5.41, 5.74) is 9.46. The van der Waals surface area contributed by atoms with Crippen LogP contribution in [0.15, 0.2) is 42.5 Å². The summed E-state index contributed by atoms with van der Waals surface area (Å²) in [6.45, 7) is 3.26. The zero-order valence-corrected chi connectivity index (χ0v) is 25.2. The van der Waals surface area contributed by atoms with Crippen LogP contribution in [0.3, 0.4) is 0 Å². The van der Waals surface area contributed by atoms with Crippen LogP contribution in [0.5, 0.6) is 5.75 Å². The zero-order chi connectivity index (χ0) is 29.7. The first-order valence-electron chi connectivity index (χ1n) is 16.3. The lowest BCUT2D eigenvalue weighted by molar-refractivity contribution is -0.133. The number of carbonyl (C=O) groups excluding carboxylic acids is 2. The molecule has 0 radical (unpaired) electrons. The van der Waals surface area contributed by atoms with Crippen LogP contribution in [-0.4, -0.2) is 73.9 Å². The predicted molar refractivity (Wildman–Crippen MR) is 164 cm³/mol. The van der Waals surface area contributed by atoms with Crippen LogP contribution in [-0.2, 0) is 26.2 Å². The highest BCUT2D eigenvalue weighted by atomic mass is 16.5. The summed E-state index contributed by atoms with van der Waals surface area (Å²) < 4.78 is 13.0. The second-order valence-corrected chi connectivity index (χ2v) is 13.8. The lowest BCUT2D eigenvalue weighted by atomic mass is 9.66. The molecule has 7 atom stereocenters. The minimum atomic E-state index is -0.725. The topological polar surface area (TPSA) is 105 Å². The number of hydrogen-bond acceptors (Lipinski definition) is 6. The molecular formula is C35H45N3O5. The first-order valence-corrected chi connectivity index (χ1v) is 16.3. The van der Waals surface area contributed by atoms with Crippen molar-refractivity contribution in [2.45, 2.75) is 74.9 Å². The largest absolute Gasteiger partial charge is 0.490 e. The lowest BCUT2D eigenvalue weighted by Crippen LogP contribution is -2.55. The molecule has 3 N–H and O–H groups in total. The van der Waals surface area contributed by atoms with E-state index in [0.29, 0.717) is 43.9 Å². The molecule has 2 amide bonds. The van der Waals surface area contributed by atoms with Gasteiger partial charge >= 0.3 is 0 Å². The molecule has 7 rings (SSSR count). The highest BCUT2D eigenvalue weighted by molar-refractivity contribution is 5.89. The summed E-state index contributed by atoms with van der Waals surface area (Å²) >= 11 is 0. The molecule has 0 aromatic heterocycles. The number of nitrogens with zero attached hydrogens (tertiary/aromatic N) is 2. The van der Waals surface area contributed by atoms with E-state index in [9.17, 15) is 14.7 Å². The van der Waals surface area contributed by atoms with Gasteiger partial charge in [0.25, 0.3) is 0 Å². The molecule has 43 heavy (non-hydrogen) atoms. The van der Waals surface area contributed by atoms with E-state index in [4.69, 9.17) is 15.2 Å². The number of fused-ring (bicyclic) bond motifs is 7. The van der Waals surface area contributed by atoms with E-state index in [-0.39, 0.29) is 18.4 Å². The number of aliphatic hydroxyl groups excluding tert-OH is 1. The standard InChI is InChI=1S/C35H45N3O5/c1-37-14-12-22-13-15-42-31(16-22)26-9-6-25(26)19-38-20-35(28-5-3-2-4-23(28)8-11-32(35)39)21-43-30-10-7-24(17-29(30)38)27(34(36)41)18-33(37)40/h2-5,7,10,17,22,25-27,31-32,39H,6,8-9,11-16,18-21H2,1H3,(H2,36,41). The van der Waals surface area contributed by atoms with Gasteiger partial charge in [0.1, 0.15) is 12.4 Å². The van der Waals surface area contributed by atoms with Crippen LogP contribution in [0, 0.1) is 17.8 Å². The van der Waals surface area contributed by atoms with Gasteiger partial charge in [0.15, 0.2) is 0 Å². The van der Waals surface area contributed by atoms with Crippen LogP contribution in [0.1, 0.15) is 67.6 Å². The smallest absolute Gasteiger partial charge is 0.225 e. The second-order valence-electron chi connectivity index (χ2n) is 13.8. The van der Waals surface area contributed by atoms with Crippen molar-refractivity contribution < 1.29 is 24.2 Å². The Labute approximate surface area is 254 Å². The maximum absolute atomic E-state index is 13.3. The maximum Gasteiger partial charge on any atom is 0.225 e. The van der Waals surface area contributed by atoms with Gasteiger partial charge in [-0.2, -0.15) is 0 Å². The fraction of sp³-hybridized carbons (Fsp3) is 0.600. The summed E-state index contributed by atoms with van der Waals surface area (Å²) in [5.74, 6) is 0.939. The second kappa shape index (κ2) is 11.4. The van der Waals surface area contributed by atoms with Crippen LogP contribution >= 0.6 is 0 Å². The molecule has 7 unspecified atom stereocenters. The number of primary amides is 1. The third-order valence-electron chi connectivity index (χ3n) is 11.4. The monoisotopic (exact) mass is 587 g/mol. The van der Waals surface area contributed by atoms with Crippen molar-refractivity contribution in [3.63, 3.8) is 0 Å². The van der Waals surface area contributed by atoms with Crippen molar-refractivity contribution in [3.8, 4) is 5.75 Å². The van der Waals surface area contributed by atoms with Crippen molar-refractivity contribution in [2.75, 3.05) is 44.8 Å². The zero-order valence-electron chi connectivity index (χ0n) is 25.2. The van der Waals surface area contributed by atoms with Crippen LogP contribution < -0.4 is 15.4 Å². The number of aryl methyl sites for hydroxylation is 1. The van der Waals surface area contributed by atoms with E-state index in [1.54, 1.807) is 4.90 Å². The van der Waals surface area contributed by atoms with Gasteiger partial charge in [-0.15, -0.1) is 0 Å². The molecule has 1 saturated carbocycles. The first kappa shape index (κ1) is 28.7. The van der Waals surface area contributed by atoms with Crippen molar-refractivity contribution in [2.24, 2.45) is 23.5 Å². The first-order chi connectivity index (χ1) is 20.8. The minimum Gasteiger partial charge on any atom is -0.490 e. The molecule has 3 heterocycles. The predicted octanol–water partition coefficient (Wildman–Crippen LogP) is 3.77. The van der Waals surface area contributed by atoms with Crippen LogP contribution in [0.25, 0.3) is 0 Å². The minimum absolute atomic E-state index is 0.0443. The molecule has 2 fully saturated rings. The molecule has 1 spiro atoms. The normalized spacial score (nSPS) is 34.3. The molecule has 1 saturated heterocycles. The number of aliphatic hydroxyl groups is 1. The Balaban J connectivity index is 1.31.